The largest absolute Gasteiger partial charge is 0.478 e. The van der Waals surface area contributed by atoms with Gasteiger partial charge in [-0.1, -0.05) is 13.3 Å². The predicted molar refractivity (Wildman–Crippen MR) is 66.1 cm³/mol. The van der Waals surface area contributed by atoms with Crippen LogP contribution in [-0.4, -0.2) is 22.6 Å². The van der Waals surface area contributed by atoms with Crippen molar-refractivity contribution in [3.63, 3.8) is 0 Å². The van der Waals surface area contributed by atoms with Gasteiger partial charge in [0.05, 0.1) is 17.4 Å². The Morgan fingerprint density at radius 3 is 2.88 bits per heavy atom. The zero-order valence-corrected chi connectivity index (χ0v) is 9.86. The number of hydrogen-bond acceptors (Lipinski definition) is 4. The second-order valence-electron chi connectivity index (χ2n) is 4.98. The molecule has 17 heavy (non-hydrogen) atoms. The van der Waals surface area contributed by atoms with Gasteiger partial charge in [-0.25, -0.2) is 9.78 Å². The van der Waals surface area contributed by atoms with Gasteiger partial charge in [-0.2, -0.15) is 0 Å². The number of nitrogen functional groups attached to an aromatic ring is 1. The summed E-state index contributed by atoms with van der Waals surface area (Å²) in [6.07, 6.45) is 5.07. The smallest absolute Gasteiger partial charge is 0.337 e. The lowest BCUT2D eigenvalue weighted by Crippen LogP contribution is -2.33. The molecule has 5 nitrogen and oxygen atoms in total. The molecular weight excluding hydrogens is 218 g/mol. The van der Waals surface area contributed by atoms with Gasteiger partial charge >= 0.3 is 5.97 Å². The number of hydrogen-bond donors (Lipinski definition) is 3. The third-order valence-electron chi connectivity index (χ3n) is 3.42. The second-order valence-corrected chi connectivity index (χ2v) is 4.98. The minimum atomic E-state index is -1.03. The Kier molecular flexibility index (Phi) is 2.92. The van der Waals surface area contributed by atoms with Crippen LogP contribution in [0.5, 0.6) is 0 Å². The highest BCUT2D eigenvalue weighted by Gasteiger charge is 2.31. The van der Waals surface area contributed by atoms with E-state index in [0.29, 0.717) is 11.2 Å². The Bertz CT molecular complexity index is 441. The van der Waals surface area contributed by atoms with E-state index in [4.69, 9.17) is 10.8 Å². The molecule has 0 amide bonds. The minimum Gasteiger partial charge on any atom is -0.478 e. The highest BCUT2D eigenvalue weighted by molar-refractivity contribution is 5.94. The average molecular weight is 235 g/mol. The number of pyridine rings is 1. The molecule has 2 rings (SSSR count). The first kappa shape index (κ1) is 11.7. The van der Waals surface area contributed by atoms with Crippen LogP contribution in [0, 0.1) is 5.41 Å². The van der Waals surface area contributed by atoms with Crippen LogP contribution in [0.2, 0.25) is 0 Å². The van der Waals surface area contributed by atoms with E-state index in [0.717, 1.165) is 6.54 Å². The van der Waals surface area contributed by atoms with E-state index in [2.05, 4.69) is 17.2 Å². The van der Waals surface area contributed by atoms with Crippen molar-refractivity contribution in [1.29, 1.82) is 0 Å². The van der Waals surface area contributed by atoms with Gasteiger partial charge in [0, 0.05) is 6.54 Å². The molecule has 0 atom stereocenters. The zero-order valence-electron chi connectivity index (χ0n) is 9.86. The van der Waals surface area contributed by atoms with Crippen LogP contribution in [-0.2, 0) is 0 Å². The van der Waals surface area contributed by atoms with E-state index in [1.54, 1.807) is 0 Å². The van der Waals surface area contributed by atoms with Gasteiger partial charge in [0.1, 0.15) is 5.82 Å². The Morgan fingerprint density at radius 1 is 1.65 bits per heavy atom. The molecule has 1 heterocycles. The minimum absolute atomic E-state index is 0.0984. The molecule has 0 radical (unpaired) electrons. The number of anilines is 2. The topological polar surface area (TPSA) is 88.2 Å². The first-order chi connectivity index (χ1) is 8.00. The van der Waals surface area contributed by atoms with Crippen LogP contribution in [0.25, 0.3) is 0 Å². The molecule has 4 N–H and O–H groups in total. The van der Waals surface area contributed by atoms with Crippen LogP contribution in [0.3, 0.4) is 0 Å². The maximum Gasteiger partial charge on any atom is 0.337 e. The third-order valence-corrected chi connectivity index (χ3v) is 3.42. The number of carboxylic acid groups (broad SMARTS) is 1. The molecule has 0 spiro atoms. The Morgan fingerprint density at radius 2 is 2.35 bits per heavy atom. The van der Waals surface area contributed by atoms with Crippen molar-refractivity contribution in [1.82, 2.24) is 4.98 Å². The summed E-state index contributed by atoms with van der Waals surface area (Å²) in [5.74, 6) is -0.451. The van der Waals surface area contributed by atoms with Crippen LogP contribution in [0.4, 0.5) is 11.5 Å². The maximum absolute atomic E-state index is 10.9. The first-order valence-electron chi connectivity index (χ1n) is 5.73. The summed E-state index contributed by atoms with van der Waals surface area (Å²) in [5, 5.41) is 12.1. The van der Waals surface area contributed by atoms with Crippen molar-refractivity contribution in [2.75, 3.05) is 17.6 Å². The van der Waals surface area contributed by atoms with Gasteiger partial charge in [0.25, 0.3) is 0 Å². The van der Waals surface area contributed by atoms with E-state index >= 15 is 0 Å². The summed E-state index contributed by atoms with van der Waals surface area (Å²) in [6, 6.07) is 1.49. The lowest BCUT2D eigenvalue weighted by atomic mass is 9.70. The predicted octanol–water partition coefficient (Wildman–Crippen LogP) is 1.96. The molecule has 1 saturated carbocycles. The monoisotopic (exact) mass is 235 g/mol. The van der Waals surface area contributed by atoms with Crippen molar-refractivity contribution in [2.24, 2.45) is 5.41 Å². The van der Waals surface area contributed by atoms with E-state index in [-0.39, 0.29) is 11.3 Å². The van der Waals surface area contributed by atoms with Crippen molar-refractivity contribution < 1.29 is 9.90 Å². The molecule has 0 unspecified atom stereocenters. The molecule has 0 aromatic carbocycles. The number of aromatic carboxylic acids is 1. The molecule has 1 aromatic heterocycles. The van der Waals surface area contributed by atoms with Gasteiger partial charge < -0.3 is 16.2 Å². The normalized spacial score (nSPS) is 17.2. The molecule has 1 aliphatic carbocycles. The Hall–Kier alpha value is -1.78. The number of carboxylic acids is 1. The van der Waals surface area contributed by atoms with E-state index in [1.807, 2.05) is 0 Å². The number of carbonyl (C=O) groups is 1. The molecule has 1 fully saturated rings. The van der Waals surface area contributed by atoms with Gasteiger partial charge in [-0.05, 0) is 24.3 Å². The second kappa shape index (κ2) is 4.24. The number of nitrogens with zero attached hydrogens (tertiary/aromatic N) is 1. The molecule has 92 valence electrons. The summed E-state index contributed by atoms with van der Waals surface area (Å²) in [4.78, 5) is 15.0. The molecule has 1 aromatic rings. The van der Waals surface area contributed by atoms with Crippen molar-refractivity contribution >= 4 is 17.5 Å². The average Bonchev–Trinajstić information content (AvgIpc) is 2.25. The van der Waals surface area contributed by atoms with Crippen LogP contribution < -0.4 is 11.1 Å². The standard InChI is InChI=1S/C12H17N3O2/c1-12(3-2-4-12)7-15-10-5-8(11(16)17)9(13)6-14-10/h5-6H,2-4,7,13H2,1H3,(H,14,15)(H,16,17). The number of nitrogens with one attached hydrogen (secondary N) is 1. The van der Waals surface area contributed by atoms with Gasteiger partial charge in [-0.3, -0.25) is 0 Å². The number of aromatic nitrogens is 1. The van der Waals surface area contributed by atoms with Crippen molar-refractivity contribution in [2.45, 2.75) is 26.2 Å². The van der Waals surface area contributed by atoms with Crippen LogP contribution in [0.15, 0.2) is 12.3 Å². The van der Waals surface area contributed by atoms with Crippen LogP contribution in [0.1, 0.15) is 36.5 Å². The fraction of sp³-hybridized carbons (Fsp3) is 0.500. The van der Waals surface area contributed by atoms with Crippen LogP contribution >= 0.6 is 0 Å². The van der Waals surface area contributed by atoms with Gasteiger partial charge in [-0.15, -0.1) is 0 Å². The fourth-order valence-electron chi connectivity index (χ4n) is 2.01. The molecule has 0 aliphatic heterocycles. The van der Waals surface area contributed by atoms with E-state index in [1.165, 1.54) is 31.5 Å². The molecule has 1 aliphatic rings. The lowest BCUT2D eigenvalue weighted by Gasteiger charge is -2.38. The fourth-order valence-corrected chi connectivity index (χ4v) is 2.01. The SMILES string of the molecule is CC1(CNc2cc(C(=O)O)c(N)cn2)CCC1. The van der Waals surface area contributed by atoms with Crippen molar-refractivity contribution in [3.8, 4) is 0 Å². The molecule has 5 heteroatoms. The summed E-state index contributed by atoms with van der Waals surface area (Å²) in [7, 11) is 0. The zero-order chi connectivity index (χ0) is 12.5. The van der Waals surface area contributed by atoms with E-state index < -0.39 is 5.97 Å². The Labute approximate surface area is 100 Å². The highest BCUT2D eigenvalue weighted by Crippen LogP contribution is 2.40. The number of rotatable bonds is 4. The Balaban J connectivity index is 2.06. The van der Waals surface area contributed by atoms with Crippen molar-refractivity contribution in [3.05, 3.63) is 17.8 Å². The molecular formula is C12H17N3O2. The summed E-state index contributed by atoms with van der Waals surface area (Å²) in [6.45, 7) is 3.04. The number of nitrogens with two attached hydrogens (primary N) is 1. The van der Waals surface area contributed by atoms with Gasteiger partial charge in [0.15, 0.2) is 0 Å². The summed E-state index contributed by atoms with van der Waals surface area (Å²) >= 11 is 0. The molecule has 0 saturated heterocycles. The molecule has 0 bridgehead atoms. The van der Waals surface area contributed by atoms with E-state index in [9.17, 15) is 4.79 Å². The summed E-state index contributed by atoms with van der Waals surface area (Å²) < 4.78 is 0. The van der Waals surface area contributed by atoms with Gasteiger partial charge in [0.2, 0.25) is 0 Å². The lowest BCUT2D eigenvalue weighted by molar-refractivity contribution is 0.0698. The first-order valence-corrected chi connectivity index (χ1v) is 5.73. The third kappa shape index (κ3) is 2.49. The summed E-state index contributed by atoms with van der Waals surface area (Å²) in [5.41, 5.74) is 6.16. The maximum atomic E-state index is 10.9. The quantitative estimate of drug-likeness (QED) is 0.742. The highest BCUT2D eigenvalue weighted by atomic mass is 16.4.